The average Bonchev–Trinajstić information content (AvgIpc) is 2.47. The van der Waals surface area contributed by atoms with E-state index in [1.54, 1.807) is 16.7 Å². The van der Waals surface area contributed by atoms with Gasteiger partial charge in [-0.05, 0) is 6.92 Å². The summed E-state index contributed by atoms with van der Waals surface area (Å²) in [6.07, 6.45) is 0. The normalized spacial score (nSPS) is 18.9. The van der Waals surface area contributed by atoms with Gasteiger partial charge in [0.15, 0.2) is 0 Å². The molecule has 0 saturated carbocycles. The van der Waals surface area contributed by atoms with Gasteiger partial charge in [0.1, 0.15) is 0 Å². The maximum absolute atomic E-state index is 11.6. The summed E-state index contributed by atoms with van der Waals surface area (Å²) in [5.74, 6) is -1.34. The molecule has 5 nitrogen and oxygen atoms in total. The molecule has 1 aliphatic heterocycles. The molecule has 0 aromatic rings. The number of likely N-dealkylation sites (N-methyl/N-ethyl adjacent to an activating group) is 1. The SMILES string of the molecule is CCN1CCN(CC(C)C(=O)O)C1=O. The van der Waals surface area contributed by atoms with E-state index in [0.717, 1.165) is 0 Å². The fourth-order valence-electron chi connectivity index (χ4n) is 1.50. The highest BCUT2D eigenvalue weighted by molar-refractivity contribution is 5.77. The summed E-state index contributed by atoms with van der Waals surface area (Å²) in [5.41, 5.74) is 0. The lowest BCUT2D eigenvalue weighted by Crippen LogP contribution is -2.36. The number of urea groups is 1. The van der Waals surface area contributed by atoms with E-state index in [9.17, 15) is 9.59 Å². The van der Waals surface area contributed by atoms with Crippen molar-refractivity contribution >= 4 is 12.0 Å². The summed E-state index contributed by atoms with van der Waals surface area (Å²) < 4.78 is 0. The first-order chi connectivity index (χ1) is 6.56. The zero-order valence-corrected chi connectivity index (χ0v) is 8.56. The van der Waals surface area contributed by atoms with Crippen LogP contribution in [0.2, 0.25) is 0 Å². The van der Waals surface area contributed by atoms with Crippen molar-refractivity contribution in [3.05, 3.63) is 0 Å². The molecule has 1 N–H and O–H groups in total. The first-order valence-corrected chi connectivity index (χ1v) is 4.83. The number of amides is 2. The minimum Gasteiger partial charge on any atom is -0.481 e. The zero-order chi connectivity index (χ0) is 10.7. The van der Waals surface area contributed by atoms with E-state index in [1.165, 1.54) is 0 Å². The monoisotopic (exact) mass is 200 g/mol. The molecule has 14 heavy (non-hydrogen) atoms. The molecule has 1 unspecified atom stereocenters. The van der Waals surface area contributed by atoms with Crippen LogP contribution in [0.15, 0.2) is 0 Å². The number of aliphatic carboxylic acids is 1. The van der Waals surface area contributed by atoms with Crippen molar-refractivity contribution in [2.75, 3.05) is 26.2 Å². The highest BCUT2D eigenvalue weighted by Crippen LogP contribution is 2.10. The van der Waals surface area contributed by atoms with Crippen LogP contribution in [0.25, 0.3) is 0 Å². The Bertz CT molecular complexity index is 242. The molecule has 0 aromatic carbocycles. The predicted molar refractivity (Wildman–Crippen MR) is 51.0 cm³/mol. The first-order valence-electron chi connectivity index (χ1n) is 4.83. The summed E-state index contributed by atoms with van der Waals surface area (Å²) in [6.45, 7) is 5.89. The smallest absolute Gasteiger partial charge is 0.320 e. The zero-order valence-electron chi connectivity index (χ0n) is 8.56. The number of hydrogen-bond acceptors (Lipinski definition) is 2. The summed E-state index contributed by atoms with van der Waals surface area (Å²) >= 11 is 0. The topological polar surface area (TPSA) is 60.9 Å². The van der Waals surface area contributed by atoms with Crippen molar-refractivity contribution in [3.63, 3.8) is 0 Å². The number of hydrogen-bond donors (Lipinski definition) is 1. The second-order valence-corrected chi connectivity index (χ2v) is 3.55. The van der Waals surface area contributed by atoms with Crippen LogP contribution >= 0.6 is 0 Å². The second-order valence-electron chi connectivity index (χ2n) is 3.55. The Balaban J connectivity index is 2.48. The van der Waals surface area contributed by atoms with Crippen LogP contribution in [-0.4, -0.2) is 53.1 Å². The Labute approximate surface area is 83.3 Å². The van der Waals surface area contributed by atoms with Crippen molar-refractivity contribution in [3.8, 4) is 0 Å². The molecule has 1 aliphatic rings. The Morgan fingerprint density at radius 3 is 2.50 bits per heavy atom. The molecule has 0 bridgehead atoms. The minimum atomic E-state index is -0.854. The van der Waals surface area contributed by atoms with Gasteiger partial charge in [0.25, 0.3) is 0 Å². The predicted octanol–water partition coefficient (Wildman–Crippen LogP) is 0.465. The van der Waals surface area contributed by atoms with E-state index in [4.69, 9.17) is 5.11 Å². The number of carbonyl (C=O) groups excluding carboxylic acids is 1. The lowest BCUT2D eigenvalue weighted by Gasteiger charge is -2.19. The summed E-state index contributed by atoms with van der Waals surface area (Å²) in [6, 6.07) is -0.0411. The van der Waals surface area contributed by atoms with Crippen LogP contribution in [0.4, 0.5) is 4.79 Å². The number of carboxylic acid groups (broad SMARTS) is 1. The van der Waals surface area contributed by atoms with Crippen LogP contribution < -0.4 is 0 Å². The Hall–Kier alpha value is -1.26. The minimum absolute atomic E-state index is 0.0411. The largest absolute Gasteiger partial charge is 0.481 e. The standard InChI is InChI=1S/C9H16N2O3/c1-3-10-4-5-11(9(10)14)6-7(2)8(12)13/h7H,3-6H2,1-2H3,(H,12,13). The Morgan fingerprint density at radius 2 is 2.07 bits per heavy atom. The van der Waals surface area contributed by atoms with E-state index < -0.39 is 11.9 Å². The van der Waals surface area contributed by atoms with Crippen molar-refractivity contribution in [2.24, 2.45) is 5.92 Å². The third-order valence-electron chi connectivity index (χ3n) is 2.48. The third kappa shape index (κ3) is 2.16. The molecule has 1 fully saturated rings. The lowest BCUT2D eigenvalue weighted by atomic mass is 10.2. The number of carbonyl (C=O) groups is 2. The first kappa shape index (κ1) is 10.8. The highest BCUT2D eigenvalue weighted by Gasteiger charge is 2.29. The Kier molecular flexibility index (Phi) is 3.33. The highest BCUT2D eigenvalue weighted by atomic mass is 16.4. The van der Waals surface area contributed by atoms with Crippen LogP contribution in [0.5, 0.6) is 0 Å². The molecule has 0 spiro atoms. The molecule has 80 valence electrons. The lowest BCUT2D eigenvalue weighted by molar-refractivity contribution is -0.141. The van der Waals surface area contributed by atoms with Gasteiger partial charge >= 0.3 is 12.0 Å². The van der Waals surface area contributed by atoms with Gasteiger partial charge in [-0.15, -0.1) is 0 Å². The molecule has 0 radical (unpaired) electrons. The molecular weight excluding hydrogens is 184 g/mol. The van der Waals surface area contributed by atoms with Gasteiger partial charge in [0.05, 0.1) is 5.92 Å². The van der Waals surface area contributed by atoms with Gasteiger partial charge in [-0.3, -0.25) is 4.79 Å². The quantitative estimate of drug-likeness (QED) is 0.717. The fourth-order valence-corrected chi connectivity index (χ4v) is 1.50. The van der Waals surface area contributed by atoms with Gasteiger partial charge in [-0.25, -0.2) is 4.79 Å². The fraction of sp³-hybridized carbons (Fsp3) is 0.778. The van der Waals surface area contributed by atoms with E-state index >= 15 is 0 Å². The van der Waals surface area contributed by atoms with E-state index in [1.807, 2.05) is 6.92 Å². The van der Waals surface area contributed by atoms with Crippen LogP contribution in [0, 0.1) is 5.92 Å². The van der Waals surface area contributed by atoms with Crippen LogP contribution in [-0.2, 0) is 4.79 Å². The molecule has 2 amide bonds. The van der Waals surface area contributed by atoms with Gasteiger partial charge < -0.3 is 14.9 Å². The van der Waals surface area contributed by atoms with Gasteiger partial charge in [-0.2, -0.15) is 0 Å². The van der Waals surface area contributed by atoms with Crippen molar-refractivity contribution in [1.29, 1.82) is 0 Å². The van der Waals surface area contributed by atoms with E-state index in [2.05, 4.69) is 0 Å². The Morgan fingerprint density at radius 1 is 1.50 bits per heavy atom. The molecule has 0 aromatic heterocycles. The average molecular weight is 200 g/mol. The van der Waals surface area contributed by atoms with Gasteiger partial charge in [0, 0.05) is 26.2 Å². The number of rotatable bonds is 4. The number of nitrogens with zero attached hydrogens (tertiary/aromatic N) is 2. The molecular formula is C9H16N2O3. The van der Waals surface area contributed by atoms with E-state index in [0.29, 0.717) is 26.2 Å². The summed E-state index contributed by atoms with van der Waals surface area (Å²) in [4.78, 5) is 25.5. The molecule has 0 aliphatic carbocycles. The summed E-state index contributed by atoms with van der Waals surface area (Å²) in [5, 5.41) is 8.70. The van der Waals surface area contributed by atoms with Gasteiger partial charge in [-0.1, -0.05) is 6.92 Å². The van der Waals surface area contributed by atoms with Crippen LogP contribution in [0.1, 0.15) is 13.8 Å². The molecule has 1 saturated heterocycles. The van der Waals surface area contributed by atoms with Crippen molar-refractivity contribution < 1.29 is 14.7 Å². The second kappa shape index (κ2) is 4.30. The maximum Gasteiger partial charge on any atom is 0.320 e. The third-order valence-corrected chi connectivity index (χ3v) is 2.48. The maximum atomic E-state index is 11.6. The van der Waals surface area contributed by atoms with Crippen molar-refractivity contribution in [2.45, 2.75) is 13.8 Å². The summed E-state index contributed by atoms with van der Waals surface area (Å²) in [7, 11) is 0. The van der Waals surface area contributed by atoms with Crippen molar-refractivity contribution in [1.82, 2.24) is 9.80 Å². The van der Waals surface area contributed by atoms with Gasteiger partial charge in [0.2, 0.25) is 0 Å². The number of carboxylic acids is 1. The molecule has 1 atom stereocenters. The molecule has 1 heterocycles. The molecule has 5 heteroatoms. The van der Waals surface area contributed by atoms with Crippen LogP contribution in [0.3, 0.4) is 0 Å². The van der Waals surface area contributed by atoms with E-state index in [-0.39, 0.29) is 6.03 Å². The molecule has 1 rings (SSSR count).